The molecule has 6 heteroatoms. The third-order valence-electron chi connectivity index (χ3n) is 5.26. The Morgan fingerprint density at radius 1 is 1.38 bits per heavy atom. The van der Waals surface area contributed by atoms with E-state index in [0.717, 1.165) is 30.6 Å². The average molecular weight is 381 g/mol. The summed E-state index contributed by atoms with van der Waals surface area (Å²) in [6.45, 7) is 4.63. The minimum absolute atomic E-state index is 0.0389. The number of ether oxygens (including phenoxy) is 3. The van der Waals surface area contributed by atoms with Gasteiger partial charge in [-0.3, -0.25) is 4.79 Å². The van der Waals surface area contributed by atoms with Crippen molar-refractivity contribution in [3.05, 3.63) is 34.3 Å². The van der Waals surface area contributed by atoms with Crippen molar-refractivity contribution in [2.45, 2.75) is 57.7 Å². The minimum Gasteiger partial charge on any atom is -0.463 e. The predicted octanol–water partition coefficient (Wildman–Crippen LogP) is 3.63. The van der Waals surface area contributed by atoms with Gasteiger partial charge in [0, 0.05) is 11.4 Å². The molecule has 5 nitrogen and oxygen atoms in total. The number of aryl methyl sites for hydroxylation is 1. The highest BCUT2D eigenvalue weighted by Crippen LogP contribution is 2.41. The first-order valence-electron chi connectivity index (χ1n) is 9.20. The van der Waals surface area contributed by atoms with Gasteiger partial charge in [0.1, 0.15) is 0 Å². The summed E-state index contributed by atoms with van der Waals surface area (Å²) in [6.07, 6.45) is 2.95. The second-order valence-electron chi connectivity index (χ2n) is 7.13. The molecule has 1 heterocycles. The number of hydrogen-bond acceptors (Lipinski definition) is 5. The summed E-state index contributed by atoms with van der Waals surface area (Å²) in [5, 5.41) is 0.528. The van der Waals surface area contributed by atoms with Gasteiger partial charge in [0.25, 0.3) is 0 Å². The fraction of sp³-hybridized carbons (Fsp3) is 0.600. The summed E-state index contributed by atoms with van der Waals surface area (Å²) < 4.78 is 16.4. The Bertz CT molecular complexity index is 665. The number of epoxide rings is 1. The molecular formula is C20H25ClO5. The Morgan fingerprint density at radius 2 is 2.15 bits per heavy atom. The molecule has 26 heavy (non-hydrogen) atoms. The van der Waals surface area contributed by atoms with Crippen molar-refractivity contribution in [2.24, 2.45) is 5.92 Å². The average Bonchev–Trinajstić information content (AvgIpc) is 3.44. The Balaban J connectivity index is 1.76. The fourth-order valence-electron chi connectivity index (χ4n) is 3.79. The summed E-state index contributed by atoms with van der Waals surface area (Å²) in [5.74, 6) is -0.677. The van der Waals surface area contributed by atoms with Crippen LogP contribution >= 0.6 is 11.6 Å². The Hall–Kier alpha value is -1.59. The first kappa shape index (κ1) is 19.2. The van der Waals surface area contributed by atoms with Gasteiger partial charge in [0.2, 0.25) is 5.60 Å². The van der Waals surface area contributed by atoms with E-state index in [2.05, 4.69) is 0 Å². The zero-order valence-electron chi connectivity index (χ0n) is 15.3. The van der Waals surface area contributed by atoms with Crippen LogP contribution in [0, 0.1) is 12.8 Å². The summed E-state index contributed by atoms with van der Waals surface area (Å²) in [6, 6.07) is 5.49. The first-order valence-corrected chi connectivity index (χ1v) is 9.57. The molecule has 3 rings (SSSR count). The fourth-order valence-corrected chi connectivity index (χ4v) is 4.08. The smallest absolute Gasteiger partial charge is 0.350 e. The lowest BCUT2D eigenvalue weighted by Gasteiger charge is -2.37. The normalized spacial score (nSPS) is 27.7. The molecular weight excluding hydrogens is 356 g/mol. The highest BCUT2D eigenvalue weighted by Gasteiger charge is 2.51. The standard InChI is InChI=1S/C20H25ClO5/c1-3-24-19(23)20(9-5-7-14(11-20)17-12-25-17)26-18(22)10-15-13(2)6-4-8-16(15)21/h4,6,8,14,17H,3,5,7,9-12H2,1-2H3. The molecule has 1 saturated carbocycles. The highest BCUT2D eigenvalue weighted by molar-refractivity contribution is 6.31. The molecule has 1 aromatic carbocycles. The van der Waals surface area contributed by atoms with Crippen molar-refractivity contribution in [3.63, 3.8) is 0 Å². The van der Waals surface area contributed by atoms with Crippen LogP contribution in [-0.4, -0.2) is 36.9 Å². The van der Waals surface area contributed by atoms with Gasteiger partial charge in [-0.15, -0.1) is 0 Å². The number of rotatable bonds is 6. The van der Waals surface area contributed by atoms with Gasteiger partial charge >= 0.3 is 11.9 Å². The Kier molecular flexibility index (Phi) is 5.88. The topological polar surface area (TPSA) is 65.1 Å². The van der Waals surface area contributed by atoms with E-state index in [0.29, 0.717) is 17.9 Å². The maximum atomic E-state index is 12.7. The molecule has 3 unspecified atom stereocenters. The molecule has 0 amide bonds. The van der Waals surface area contributed by atoms with Crippen LogP contribution in [0.3, 0.4) is 0 Å². The maximum Gasteiger partial charge on any atom is 0.350 e. The van der Waals surface area contributed by atoms with E-state index in [4.69, 9.17) is 25.8 Å². The van der Waals surface area contributed by atoms with Crippen LogP contribution in [0.1, 0.15) is 43.7 Å². The lowest BCUT2D eigenvalue weighted by Crippen LogP contribution is -2.49. The molecule has 142 valence electrons. The molecule has 0 N–H and O–H groups in total. The van der Waals surface area contributed by atoms with E-state index in [-0.39, 0.29) is 25.0 Å². The van der Waals surface area contributed by atoms with Crippen LogP contribution in [0.5, 0.6) is 0 Å². The zero-order chi connectivity index (χ0) is 18.7. The van der Waals surface area contributed by atoms with Gasteiger partial charge in [0.15, 0.2) is 0 Å². The van der Waals surface area contributed by atoms with Crippen LogP contribution in [0.25, 0.3) is 0 Å². The predicted molar refractivity (Wildman–Crippen MR) is 97.0 cm³/mol. The largest absolute Gasteiger partial charge is 0.463 e. The van der Waals surface area contributed by atoms with Crippen LogP contribution < -0.4 is 0 Å². The van der Waals surface area contributed by atoms with E-state index < -0.39 is 17.5 Å². The third-order valence-corrected chi connectivity index (χ3v) is 5.62. The number of carbonyl (C=O) groups excluding carboxylic acids is 2. The lowest BCUT2D eigenvalue weighted by molar-refractivity contribution is -0.188. The van der Waals surface area contributed by atoms with Crippen LogP contribution in [0.4, 0.5) is 0 Å². The third kappa shape index (κ3) is 4.21. The Labute approximate surface area is 158 Å². The van der Waals surface area contributed by atoms with Gasteiger partial charge in [-0.1, -0.05) is 23.7 Å². The molecule has 1 aliphatic carbocycles. The molecule has 0 radical (unpaired) electrons. The van der Waals surface area contributed by atoms with Gasteiger partial charge in [-0.2, -0.15) is 0 Å². The maximum absolute atomic E-state index is 12.7. The number of benzene rings is 1. The zero-order valence-corrected chi connectivity index (χ0v) is 16.0. The number of halogens is 1. The van der Waals surface area contributed by atoms with Gasteiger partial charge in [-0.05, 0) is 56.2 Å². The van der Waals surface area contributed by atoms with Crippen LogP contribution in [0.15, 0.2) is 18.2 Å². The second kappa shape index (κ2) is 7.97. The van der Waals surface area contributed by atoms with E-state index in [9.17, 15) is 9.59 Å². The van der Waals surface area contributed by atoms with Crippen molar-refractivity contribution in [3.8, 4) is 0 Å². The van der Waals surface area contributed by atoms with Crippen molar-refractivity contribution in [1.82, 2.24) is 0 Å². The van der Waals surface area contributed by atoms with E-state index in [1.807, 2.05) is 19.1 Å². The number of carbonyl (C=O) groups is 2. The number of esters is 2. The minimum atomic E-state index is -1.21. The van der Waals surface area contributed by atoms with Crippen molar-refractivity contribution in [1.29, 1.82) is 0 Å². The molecule has 0 bridgehead atoms. The van der Waals surface area contributed by atoms with E-state index in [1.165, 1.54) is 0 Å². The molecule has 2 fully saturated rings. The second-order valence-corrected chi connectivity index (χ2v) is 7.54. The lowest BCUT2D eigenvalue weighted by atomic mass is 9.76. The van der Waals surface area contributed by atoms with E-state index >= 15 is 0 Å². The number of hydrogen-bond donors (Lipinski definition) is 0. The van der Waals surface area contributed by atoms with Gasteiger partial charge in [-0.25, -0.2) is 4.79 Å². The quantitative estimate of drug-likeness (QED) is 0.557. The molecule has 2 aliphatic rings. The molecule has 1 saturated heterocycles. The SMILES string of the molecule is CCOC(=O)C1(OC(=O)Cc2c(C)cccc2Cl)CCCC(C2CO2)C1. The van der Waals surface area contributed by atoms with Crippen LogP contribution in [0.2, 0.25) is 5.02 Å². The molecule has 0 spiro atoms. The van der Waals surface area contributed by atoms with Gasteiger partial charge in [0.05, 0.1) is 25.7 Å². The summed E-state index contributed by atoms with van der Waals surface area (Å²) in [4.78, 5) is 25.3. The van der Waals surface area contributed by atoms with Crippen molar-refractivity contribution >= 4 is 23.5 Å². The summed E-state index contributed by atoms with van der Waals surface area (Å²) in [7, 11) is 0. The van der Waals surface area contributed by atoms with Crippen molar-refractivity contribution < 1.29 is 23.8 Å². The van der Waals surface area contributed by atoms with E-state index in [1.54, 1.807) is 13.0 Å². The summed E-state index contributed by atoms with van der Waals surface area (Å²) >= 11 is 6.22. The van der Waals surface area contributed by atoms with Gasteiger partial charge < -0.3 is 14.2 Å². The van der Waals surface area contributed by atoms with Crippen molar-refractivity contribution in [2.75, 3.05) is 13.2 Å². The highest BCUT2D eigenvalue weighted by atomic mass is 35.5. The first-order chi connectivity index (χ1) is 12.4. The van der Waals surface area contributed by atoms with Crippen LogP contribution in [-0.2, 0) is 30.2 Å². The molecule has 1 aliphatic heterocycles. The molecule has 1 aromatic rings. The molecule has 3 atom stereocenters. The monoisotopic (exact) mass is 380 g/mol. The molecule has 0 aromatic heterocycles. The summed E-state index contributed by atoms with van der Waals surface area (Å²) in [5.41, 5.74) is 0.445. The Morgan fingerprint density at radius 3 is 2.81 bits per heavy atom.